The number of methoxy groups -OCH3 is 1. The second kappa shape index (κ2) is 5.32. The van der Waals surface area contributed by atoms with E-state index in [1.54, 1.807) is 13.2 Å². The van der Waals surface area contributed by atoms with Crippen LogP contribution in [0.4, 0.5) is 0 Å². The summed E-state index contributed by atoms with van der Waals surface area (Å²) in [6.07, 6.45) is 0. The fourth-order valence-corrected chi connectivity index (χ4v) is 2.19. The highest BCUT2D eigenvalue weighted by atomic mass is 16.5. The Morgan fingerprint density at radius 3 is 2.90 bits per heavy atom. The van der Waals surface area contributed by atoms with Gasteiger partial charge in [-0.2, -0.15) is 5.10 Å². The summed E-state index contributed by atoms with van der Waals surface area (Å²) in [6.45, 7) is 2.27. The number of benzene rings is 1. The lowest BCUT2D eigenvalue weighted by atomic mass is 10.2. The van der Waals surface area contributed by atoms with Crippen molar-refractivity contribution in [2.75, 3.05) is 7.11 Å². The van der Waals surface area contributed by atoms with Crippen molar-refractivity contribution in [1.29, 1.82) is 0 Å². The van der Waals surface area contributed by atoms with Gasteiger partial charge in [-0.1, -0.05) is 0 Å². The first-order valence-corrected chi connectivity index (χ1v) is 6.61. The van der Waals surface area contributed by atoms with Crippen molar-refractivity contribution in [3.63, 3.8) is 0 Å². The number of fused-ring (bicyclic) bond motifs is 1. The molecule has 0 fully saturated rings. The van der Waals surface area contributed by atoms with E-state index >= 15 is 0 Å². The van der Waals surface area contributed by atoms with Gasteiger partial charge in [0.25, 0.3) is 5.91 Å². The number of rotatable bonds is 4. The SMILES string of the molecule is COc1ccc2[nH]c(CNC(=O)c3cc(C)[nH]n3)cc2c1. The second-order valence-electron chi connectivity index (χ2n) is 4.87. The summed E-state index contributed by atoms with van der Waals surface area (Å²) in [5.74, 6) is 0.611. The maximum absolute atomic E-state index is 11.9. The molecular formula is C15H16N4O2. The van der Waals surface area contributed by atoms with Crippen LogP contribution >= 0.6 is 0 Å². The normalized spacial score (nSPS) is 10.8. The van der Waals surface area contributed by atoms with Gasteiger partial charge in [0.15, 0.2) is 0 Å². The molecule has 2 aromatic heterocycles. The van der Waals surface area contributed by atoms with E-state index in [0.717, 1.165) is 28.0 Å². The third-order valence-electron chi connectivity index (χ3n) is 3.26. The van der Waals surface area contributed by atoms with Gasteiger partial charge in [-0.15, -0.1) is 0 Å². The number of nitrogens with one attached hydrogen (secondary N) is 3. The average Bonchev–Trinajstić information content (AvgIpc) is 3.09. The summed E-state index contributed by atoms with van der Waals surface area (Å²) >= 11 is 0. The van der Waals surface area contributed by atoms with Crippen LogP contribution in [0.2, 0.25) is 0 Å². The number of H-pyrrole nitrogens is 2. The predicted molar refractivity (Wildman–Crippen MR) is 79.3 cm³/mol. The van der Waals surface area contributed by atoms with Crippen LogP contribution in [0, 0.1) is 6.92 Å². The van der Waals surface area contributed by atoms with Crippen LogP contribution in [0.15, 0.2) is 30.3 Å². The molecule has 0 saturated carbocycles. The summed E-state index contributed by atoms with van der Waals surface area (Å²) < 4.78 is 5.19. The number of aromatic nitrogens is 3. The minimum Gasteiger partial charge on any atom is -0.497 e. The molecule has 6 heteroatoms. The number of aryl methyl sites for hydroxylation is 1. The molecule has 6 nitrogen and oxygen atoms in total. The van der Waals surface area contributed by atoms with Crippen molar-refractivity contribution < 1.29 is 9.53 Å². The van der Waals surface area contributed by atoms with Crippen LogP contribution in [0.5, 0.6) is 5.75 Å². The Bertz CT molecular complexity index is 788. The van der Waals surface area contributed by atoms with Gasteiger partial charge in [0, 0.05) is 22.3 Å². The fraction of sp³-hybridized carbons (Fsp3) is 0.200. The largest absolute Gasteiger partial charge is 0.497 e. The Hall–Kier alpha value is -2.76. The zero-order valence-corrected chi connectivity index (χ0v) is 11.9. The number of amides is 1. The molecule has 108 valence electrons. The highest BCUT2D eigenvalue weighted by Gasteiger charge is 2.09. The monoisotopic (exact) mass is 284 g/mol. The molecule has 3 rings (SSSR count). The van der Waals surface area contributed by atoms with Crippen LogP contribution in [0.3, 0.4) is 0 Å². The van der Waals surface area contributed by atoms with Crippen LogP contribution in [-0.4, -0.2) is 28.2 Å². The highest BCUT2D eigenvalue weighted by Crippen LogP contribution is 2.21. The number of hydrogen-bond donors (Lipinski definition) is 3. The number of aromatic amines is 2. The van der Waals surface area contributed by atoms with Crippen LogP contribution in [0.1, 0.15) is 21.9 Å². The standard InChI is InChI=1S/C15H16N4O2/c1-9-5-14(19-18-9)15(20)16-8-11-6-10-7-12(21-2)3-4-13(10)17-11/h3-7,17H,8H2,1-2H3,(H,16,20)(H,18,19). The maximum Gasteiger partial charge on any atom is 0.272 e. The Balaban J connectivity index is 1.71. The number of carbonyl (C=O) groups excluding carboxylic acids is 1. The van der Waals surface area contributed by atoms with Gasteiger partial charge in [-0.05, 0) is 37.3 Å². The van der Waals surface area contributed by atoms with Crippen molar-refractivity contribution in [3.8, 4) is 5.75 Å². The number of ether oxygens (including phenoxy) is 1. The number of carbonyl (C=O) groups is 1. The summed E-state index contributed by atoms with van der Waals surface area (Å²) in [5, 5.41) is 10.6. The summed E-state index contributed by atoms with van der Waals surface area (Å²) in [7, 11) is 1.64. The molecule has 0 unspecified atom stereocenters. The van der Waals surface area contributed by atoms with Crippen LogP contribution < -0.4 is 10.1 Å². The quantitative estimate of drug-likeness (QED) is 0.686. The van der Waals surface area contributed by atoms with E-state index in [2.05, 4.69) is 20.5 Å². The van der Waals surface area contributed by atoms with E-state index in [1.165, 1.54) is 0 Å². The molecule has 0 aliphatic heterocycles. The molecule has 1 amide bonds. The summed E-state index contributed by atoms with van der Waals surface area (Å²) in [5.41, 5.74) is 3.19. The van der Waals surface area contributed by atoms with Crippen LogP contribution in [-0.2, 0) is 6.54 Å². The average molecular weight is 284 g/mol. The smallest absolute Gasteiger partial charge is 0.272 e. The van der Waals surface area contributed by atoms with Gasteiger partial charge < -0.3 is 15.0 Å². The molecule has 1 aromatic carbocycles. The van der Waals surface area contributed by atoms with Crippen molar-refractivity contribution in [2.45, 2.75) is 13.5 Å². The van der Waals surface area contributed by atoms with Gasteiger partial charge in [-0.25, -0.2) is 0 Å². The minimum atomic E-state index is -0.199. The topological polar surface area (TPSA) is 82.8 Å². The first-order valence-electron chi connectivity index (χ1n) is 6.61. The van der Waals surface area contributed by atoms with Gasteiger partial charge in [0.05, 0.1) is 13.7 Å². The lowest BCUT2D eigenvalue weighted by molar-refractivity contribution is 0.0945. The lowest BCUT2D eigenvalue weighted by Gasteiger charge is -2.00. The summed E-state index contributed by atoms with van der Waals surface area (Å²) in [4.78, 5) is 15.2. The van der Waals surface area contributed by atoms with E-state index in [0.29, 0.717) is 12.2 Å². The predicted octanol–water partition coefficient (Wildman–Crippen LogP) is 2.14. The Kier molecular flexibility index (Phi) is 3.35. The van der Waals surface area contributed by atoms with Crippen molar-refractivity contribution in [2.24, 2.45) is 0 Å². The maximum atomic E-state index is 11.9. The van der Waals surface area contributed by atoms with Crippen molar-refractivity contribution >= 4 is 16.8 Å². The molecule has 0 aliphatic rings. The third-order valence-corrected chi connectivity index (χ3v) is 3.26. The molecule has 3 N–H and O–H groups in total. The van der Waals surface area contributed by atoms with Gasteiger partial charge in [-0.3, -0.25) is 9.89 Å². The van der Waals surface area contributed by atoms with Crippen LogP contribution in [0.25, 0.3) is 10.9 Å². The van der Waals surface area contributed by atoms with Gasteiger partial charge in [0.1, 0.15) is 11.4 Å². The number of hydrogen-bond acceptors (Lipinski definition) is 3. The second-order valence-corrected chi connectivity index (χ2v) is 4.87. The Morgan fingerprint density at radius 2 is 2.19 bits per heavy atom. The molecule has 0 aliphatic carbocycles. The van der Waals surface area contributed by atoms with Gasteiger partial charge in [0.2, 0.25) is 0 Å². The number of nitrogens with zero attached hydrogens (tertiary/aromatic N) is 1. The molecular weight excluding hydrogens is 268 g/mol. The zero-order chi connectivity index (χ0) is 14.8. The molecule has 0 bridgehead atoms. The first kappa shape index (κ1) is 13.2. The molecule has 0 spiro atoms. The van der Waals surface area contributed by atoms with E-state index < -0.39 is 0 Å². The van der Waals surface area contributed by atoms with E-state index in [-0.39, 0.29) is 5.91 Å². The molecule has 0 atom stereocenters. The minimum absolute atomic E-state index is 0.199. The Labute approximate surface area is 121 Å². The first-order chi connectivity index (χ1) is 10.2. The molecule has 21 heavy (non-hydrogen) atoms. The van der Waals surface area contributed by atoms with Crippen molar-refractivity contribution in [3.05, 3.63) is 47.4 Å². The molecule has 2 heterocycles. The highest BCUT2D eigenvalue weighted by molar-refractivity contribution is 5.92. The third kappa shape index (κ3) is 2.74. The zero-order valence-electron chi connectivity index (χ0n) is 11.9. The Morgan fingerprint density at radius 1 is 1.33 bits per heavy atom. The van der Waals surface area contributed by atoms with Gasteiger partial charge >= 0.3 is 0 Å². The van der Waals surface area contributed by atoms with E-state index in [1.807, 2.05) is 31.2 Å². The van der Waals surface area contributed by atoms with E-state index in [9.17, 15) is 4.79 Å². The van der Waals surface area contributed by atoms with Crippen molar-refractivity contribution in [1.82, 2.24) is 20.5 Å². The fourth-order valence-electron chi connectivity index (χ4n) is 2.19. The molecule has 0 radical (unpaired) electrons. The molecule has 3 aromatic rings. The summed E-state index contributed by atoms with van der Waals surface area (Å²) in [6, 6.07) is 9.51. The molecule has 0 saturated heterocycles. The lowest BCUT2D eigenvalue weighted by Crippen LogP contribution is -2.23. The van der Waals surface area contributed by atoms with E-state index in [4.69, 9.17) is 4.74 Å².